The van der Waals surface area contributed by atoms with Gasteiger partial charge < -0.3 is 10.6 Å². The Balaban J connectivity index is 2.75. The van der Waals surface area contributed by atoms with Gasteiger partial charge in [-0.25, -0.2) is 0 Å². The Bertz CT molecular complexity index is 309. The summed E-state index contributed by atoms with van der Waals surface area (Å²) in [4.78, 5) is 15.0. The van der Waals surface area contributed by atoms with Gasteiger partial charge in [-0.1, -0.05) is 45.3 Å². The number of thiocarbonyl (C=S) groups is 1. The molecule has 1 aliphatic rings. The van der Waals surface area contributed by atoms with E-state index in [1.54, 1.807) is 0 Å². The first kappa shape index (κ1) is 15.4. The maximum Gasteiger partial charge on any atom is 0.235 e. The minimum atomic E-state index is -0.516. The summed E-state index contributed by atoms with van der Waals surface area (Å²) in [7, 11) is 0. The summed E-state index contributed by atoms with van der Waals surface area (Å²) in [5, 5.41) is 0. The highest BCUT2D eigenvalue weighted by atomic mass is 32.1. The standard InChI is InChI=1S/C14H26N2OS/c1-4-11(5-2)10-16(6-3)13(17)14(12(15)18)8-7-9-14/h11H,4-10H2,1-3H3,(H2,15,18). The summed E-state index contributed by atoms with van der Waals surface area (Å²) in [6.45, 7) is 7.98. The first-order chi connectivity index (χ1) is 8.51. The number of rotatable bonds is 7. The lowest BCUT2D eigenvalue weighted by Crippen LogP contribution is -2.55. The van der Waals surface area contributed by atoms with Crippen LogP contribution < -0.4 is 5.73 Å². The molecule has 0 aliphatic heterocycles. The van der Waals surface area contributed by atoms with E-state index in [2.05, 4.69) is 13.8 Å². The fraction of sp³-hybridized carbons (Fsp3) is 0.857. The highest BCUT2D eigenvalue weighted by Crippen LogP contribution is 2.43. The van der Waals surface area contributed by atoms with Crippen LogP contribution in [0.1, 0.15) is 52.9 Å². The lowest BCUT2D eigenvalue weighted by Gasteiger charge is -2.43. The first-order valence-electron chi connectivity index (χ1n) is 7.11. The van der Waals surface area contributed by atoms with E-state index in [9.17, 15) is 4.79 Å². The van der Waals surface area contributed by atoms with Crippen molar-refractivity contribution in [1.82, 2.24) is 4.90 Å². The molecule has 0 unspecified atom stereocenters. The van der Waals surface area contributed by atoms with Gasteiger partial charge in [0.25, 0.3) is 0 Å². The van der Waals surface area contributed by atoms with Crippen molar-refractivity contribution in [3.05, 3.63) is 0 Å². The number of hydrogen-bond acceptors (Lipinski definition) is 2. The highest BCUT2D eigenvalue weighted by molar-refractivity contribution is 7.80. The summed E-state index contributed by atoms with van der Waals surface area (Å²) in [6, 6.07) is 0. The molecule has 0 atom stereocenters. The average Bonchev–Trinajstić information content (AvgIpc) is 2.28. The number of carbonyl (C=O) groups is 1. The first-order valence-corrected chi connectivity index (χ1v) is 7.51. The lowest BCUT2D eigenvalue weighted by atomic mass is 9.67. The Morgan fingerprint density at radius 3 is 2.17 bits per heavy atom. The van der Waals surface area contributed by atoms with E-state index in [1.165, 1.54) is 0 Å². The van der Waals surface area contributed by atoms with Gasteiger partial charge >= 0.3 is 0 Å². The van der Waals surface area contributed by atoms with Gasteiger partial charge in [0, 0.05) is 13.1 Å². The smallest absolute Gasteiger partial charge is 0.235 e. The van der Waals surface area contributed by atoms with E-state index in [0.29, 0.717) is 10.9 Å². The van der Waals surface area contributed by atoms with Crippen LogP contribution in [0.4, 0.5) is 0 Å². The Hall–Kier alpha value is -0.640. The third-order valence-corrected chi connectivity index (χ3v) is 4.78. The maximum atomic E-state index is 12.6. The van der Waals surface area contributed by atoms with Gasteiger partial charge in [0.05, 0.1) is 10.4 Å². The molecule has 0 heterocycles. The SMILES string of the molecule is CCC(CC)CN(CC)C(=O)C1(C(N)=S)CCC1. The van der Waals surface area contributed by atoms with Crippen LogP contribution in [-0.4, -0.2) is 28.9 Å². The monoisotopic (exact) mass is 270 g/mol. The Morgan fingerprint density at radius 1 is 1.33 bits per heavy atom. The number of amides is 1. The fourth-order valence-corrected chi connectivity index (χ4v) is 2.90. The predicted octanol–water partition coefficient (Wildman–Crippen LogP) is 2.73. The summed E-state index contributed by atoms with van der Waals surface area (Å²) in [5.41, 5.74) is 5.29. The number of nitrogens with two attached hydrogens (primary N) is 1. The molecule has 3 nitrogen and oxygen atoms in total. The molecule has 1 amide bonds. The van der Waals surface area contributed by atoms with Crippen LogP contribution in [0.25, 0.3) is 0 Å². The second-order valence-electron chi connectivity index (χ2n) is 5.33. The molecule has 1 fully saturated rings. The molecule has 1 aliphatic carbocycles. The minimum absolute atomic E-state index is 0.163. The molecule has 0 saturated heterocycles. The van der Waals surface area contributed by atoms with Gasteiger partial charge in [0.2, 0.25) is 5.91 Å². The van der Waals surface area contributed by atoms with Crippen molar-refractivity contribution in [2.45, 2.75) is 52.9 Å². The largest absolute Gasteiger partial charge is 0.392 e. The normalized spacial score (nSPS) is 17.3. The second kappa shape index (κ2) is 6.50. The summed E-state index contributed by atoms with van der Waals surface area (Å²) in [5.74, 6) is 0.744. The van der Waals surface area contributed by atoms with Crippen LogP contribution in [0.2, 0.25) is 0 Å². The van der Waals surface area contributed by atoms with Crippen LogP contribution in [0.15, 0.2) is 0 Å². The zero-order valence-corrected chi connectivity index (χ0v) is 12.7. The van der Waals surface area contributed by atoms with Crippen molar-refractivity contribution in [2.24, 2.45) is 17.1 Å². The van der Waals surface area contributed by atoms with E-state index < -0.39 is 5.41 Å². The van der Waals surface area contributed by atoms with Gasteiger partial charge in [-0.2, -0.15) is 0 Å². The van der Waals surface area contributed by atoms with Crippen LogP contribution >= 0.6 is 12.2 Å². The van der Waals surface area contributed by atoms with Gasteiger partial charge in [0.1, 0.15) is 0 Å². The molecule has 18 heavy (non-hydrogen) atoms. The van der Waals surface area contributed by atoms with Gasteiger partial charge in [-0.3, -0.25) is 4.79 Å². The Kier molecular flexibility index (Phi) is 5.57. The van der Waals surface area contributed by atoms with Crippen molar-refractivity contribution < 1.29 is 4.79 Å². The lowest BCUT2D eigenvalue weighted by molar-refractivity contribution is -0.142. The van der Waals surface area contributed by atoms with Crippen molar-refractivity contribution in [3.8, 4) is 0 Å². The topological polar surface area (TPSA) is 46.3 Å². The molecule has 0 aromatic carbocycles. The molecule has 104 valence electrons. The molecule has 0 spiro atoms. The third kappa shape index (κ3) is 2.85. The molecule has 1 rings (SSSR count). The van der Waals surface area contributed by atoms with E-state index in [4.69, 9.17) is 18.0 Å². The zero-order valence-electron chi connectivity index (χ0n) is 11.9. The molecule has 0 aromatic heterocycles. The molecular weight excluding hydrogens is 244 g/mol. The molecule has 0 aromatic rings. The van der Waals surface area contributed by atoms with Crippen LogP contribution in [0, 0.1) is 11.3 Å². The fourth-order valence-electron chi connectivity index (χ4n) is 2.61. The Morgan fingerprint density at radius 2 is 1.89 bits per heavy atom. The number of carbonyl (C=O) groups excluding carboxylic acids is 1. The van der Waals surface area contributed by atoms with E-state index in [1.807, 2.05) is 11.8 Å². The van der Waals surface area contributed by atoms with Gasteiger partial charge in [-0.15, -0.1) is 0 Å². The van der Waals surface area contributed by atoms with Gasteiger partial charge in [-0.05, 0) is 25.7 Å². The second-order valence-corrected chi connectivity index (χ2v) is 5.77. The molecule has 2 N–H and O–H groups in total. The highest BCUT2D eigenvalue weighted by Gasteiger charge is 2.48. The average molecular weight is 270 g/mol. The molecular formula is C14H26N2OS. The summed E-state index contributed by atoms with van der Waals surface area (Å²) in [6.07, 6.45) is 4.95. The molecule has 0 radical (unpaired) electrons. The summed E-state index contributed by atoms with van der Waals surface area (Å²) >= 11 is 5.12. The maximum absolute atomic E-state index is 12.6. The van der Waals surface area contributed by atoms with Crippen molar-refractivity contribution in [2.75, 3.05) is 13.1 Å². The van der Waals surface area contributed by atoms with Crippen molar-refractivity contribution >= 4 is 23.1 Å². The quantitative estimate of drug-likeness (QED) is 0.724. The third-order valence-electron chi connectivity index (χ3n) is 4.39. The molecule has 0 bridgehead atoms. The molecule has 1 saturated carbocycles. The number of nitrogens with zero attached hydrogens (tertiary/aromatic N) is 1. The van der Waals surface area contributed by atoms with E-state index in [-0.39, 0.29) is 5.91 Å². The van der Waals surface area contributed by atoms with E-state index >= 15 is 0 Å². The van der Waals surface area contributed by atoms with Crippen molar-refractivity contribution in [1.29, 1.82) is 0 Å². The zero-order chi connectivity index (χ0) is 13.8. The van der Waals surface area contributed by atoms with Crippen LogP contribution in [0.5, 0.6) is 0 Å². The predicted molar refractivity (Wildman–Crippen MR) is 79.4 cm³/mol. The summed E-state index contributed by atoms with van der Waals surface area (Å²) < 4.78 is 0. The Labute approximate surface area is 116 Å². The van der Waals surface area contributed by atoms with Crippen molar-refractivity contribution in [3.63, 3.8) is 0 Å². The number of hydrogen-bond donors (Lipinski definition) is 1. The van der Waals surface area contributed by atoms with E-state index in [0.717, 1.165) is 45.2 Å². The van der Waals surface area contributed by atoms with Crippen LogP contribution in [-0.2, 0) is 4.79 Å². The van der Waals surface area contributed by atoms with Crippen LogP contribution in [0.3, 0.4) is 0 Å². The minimum Gasteiger partial charge on any atom is -0.392 e. The van der Waals surface area contributed by atoms with Gasteiger partial charge in [0.15, 0.2) is 0 Å². The molecule has 4 heteroatoms.